The first-order valence-corrected chi connectivity index (χ1v) is 5.57. The van der Waals surface area contributed by atoms with E-state index in [1.54, 1.807) is 0 Å². The summed E-state index contributed by atoms with van der Waals surface area (Å²) < 4.78 is 11.6. The van der Waals surface area contributed by atoms with Crippen LogP contribution in [0.5, 0.6) is 0 Å². The summed E-state index contributed by atoms with van der Waals surface area (Å²) in [6.45, 7) is 1.24. The highest BCUT2D eigenvalue weighted by molar-refractivity contribution is 7.98. The van der Waals surface area contributed by atoms with Crippen LogP contribution >= 0.6 is 11.8 Å². The van der Waals surface area contributed by atoms with Gasteiger partial charge in [0.2, 0.25) is 0 Å². The zero-order valence-corrected chi connectivity index (χ0v) is 8.05. The second-order valence-electron chi connectivity index (χ2n) is 2.49. The van der Waals surface area contributed by atoms with Crippen molar-refractivity contribution in [3.63, 3.8) is 0 Å². The Balaban J connectivity index is 2.69. The molecular weight excluding hydrogens is 161 g/mol. The summed E-state index contributed by atoms with van der Waals surface area (Å²) in [7, 11) is 0. The third-order valence-corrected chi connectivity index (χ3v) is 2.17. The fourth-order valence-corrected chi connectivity index (χ4v) is 1.36. The summed E-state index contributed by atoms with van der Waals surface area (Å²) in [4.78, 5) is 0. The van der Waals surface area contributed by atoms with E-state index in [0.717, 1.165) is 6.54 Å². The van der Waals surface area contributed by atoms with Gasteiger partial charge in [0.05, 0.1) is 0 Å². The minimum Gasteiger partial charge on any atom is -0.314 e. The lowest BCUT2D eigenvalue weighted by Gasteiger charge is -2.00. The molecule has 0 aromatic heterocycles. The predicted molar refractivity (Wildman–Crippen MR) is 51.1 cm³/mol. The van der Waals surface area contributed by atoms with Crippen molar-refractivity contribution in [2.45, 2.75) is 19.3 Å². The monoisotopic (exact) mass is 179 g/mol. The van der Waals surface area contributed by atoms with Crippen LogP contribution in [0.25, 0.3) is 0 Å². The van der Waals surface area contributed by atoms with Crippen molar-refractivity contribution < 1.29 is 4.39 Å². The van der Waals surface area contributed by atoms with Crippen LogP contribution in [0.15, 0.2) is 0 Å². The number of hydrogen-bond donors (Lipinski definition) is 1. The second kappa shape index (κ2) is 10.2. The molecule has 0 aliphatic carbocycles. The van der Waals surface area contributed by atoms with E-state index in [1.165, 1.54) is 25.0 Å². The third-order valence-electron chi connectivity index (χ3n) is 1.47. The Hall–Kier alpha value is 0.240. The van der Waals surface area contributed by atoms with Crippen LogP contribution in [0.3, 0.4) is 0 Å². The third kappa shape index (κ3) is 10.2. The lowest BCUT2D eigenvalue weighted by atomic mass is 10.2. The number of alkyl halides is 1. The minimum absolute atomic E-state index is 0.245. The van der Waals surface area contributed by atoms with Crippen LogP contribution < -0.4 is 5.32 Å². The van der Waals surface area contributed by atoms with E-state index in [0.29, 0.717) is 6.54 Å². The average molecular weight is 179 g/mol. The maximum Gasteiger partial charge on any atom is 0.102 e. The van der Waals surface area contributed by atoms with Gasteiger partial charge in [-0.05, 0) is 31.4 Å². The summed E-state index contributed by atoms with van der Waals surface area (Å²) >= 11 is 1.89. The standard InChI is InChI=1S/C8H18FNS/c1-11-8-4-2-3-6-10-7-5-9/h10H,2-8H2,1H3. The molecule has 0 radical (unpaired) electrons. The molecule has 0 heterocycles. The van der Waals surface area contributed by atoms with Crippen LogP contribution in [0, 0.1) is 0 Å². The minimum atomic E-state index is -0.245. The molecule has 11 heavy (non-hydrogen) atoms. The molecule has 0 saturated carbocycles. The van der Waals surface area contributed by atoms with Crippen molar-refractivity contribution in [1.82, 2.24) is 5.32 Å². The molecule has 0 fully saturated rings. The zero-order chi connectivity index (χ0) is 8.36. The van der Waals surface area contributed by atoms with Crippen LogP contribution in [0.4, 0.5) is 4.39 Å². The molecule has 0 spiro atoms. The van der Waals surface area contributed by atoms with Crippen molar-refractivity contribution in [1.29, 1.82) is 0 Å². The molecule has 0 aromatic rings. The lowest BCUT2D eigenvalue weighted by Crippen LogP contribution is -2.17. The molecule has 68 valence electrons. The highest BCUT2D eigenvalue weighted by Crippen LogP contribution is 2.00. The molecule has 0 atom stereocenters. The highest BCUT2D eigenvalue weighted by Gasteiger charge is 1.88. The molecule has 0 bridgehead atoms. The Bertz CT molecular complexity index is 63.1. The summed E-state index contributed by atoms with van der Waals surface area (Å²) in [6, 6.07) is 0. The van der Waals surface area contributed by atoms with Crippen LogP contribution in [-0.4, -0.2) is 31.8 Å². The first kappa shape index (κ1) is 11.2. The maximum atomic E-state index is 11.6. The summed E-state index contributed by atoms with van der Waals surface area (Å²) in [6.07, 6.45) is 5.86. The summed E-state index contributed by atoms with van der Waals surface area (Å²) in [5, 5.41) is 3.03. The number of unbranched alkanes of at least 4 members (excludes halogenated alkanes) is 2. The van der Waals surface area contributed by atoms with E-state index in [2.05, 4.69) is 11.6 Å². The second-order valence-corrected chi connectivity index (χ2v) is 3.48. The topological polar surface area (TPSA) is 12.0 Å². The largest absolute Gasteiger partial charge is 0.314 e. The normalized spacial score (nSPS) is 10.4. The van der Waals surface area contributed by atoms with Gasteiger partial charge in [0.25, 0.3) is 0 Å². The van der Waals surface area contributed by atoms with Gasteiger partial charge in [0, 0.05) is 6.54 Å². The molecule has 0 rings (SSSR count). The molecule has 0 amide bonds. The van der Waals surface area contributed by atoms with Gasteiger partial charge in [0.1, 0.15) is 6.67 Å². The van der Waals surface area contributed by atoms with E-state index < -0.39 is 0 Å². The van der Waals surface area contributed by atoms with E-state index in [9.17, 15) is 4.39 Å². The number of thioether (sulfide) groups is 1. The number of nitrogens with one attached hydrogen (secondary N) is 1. The number of hydrogen-bond acceptors (Lipinski definition) is 2. The molecule has 0 aliphatic rings. The Kier molecular flexibility index (Phi) is 10.5. The zero-order valence-electron chi connectivity index (χ0n) is 7.24. The van der Waals surface area contributed by atoms with Crippen molar-refractivity contribution in [2.75, 3.05) is 31.8 Å². The average Bonchev–Trinajstić information content (AvgIpc) is 2.03. The Morgan fingerprint density at radius 1 is 1.18 bits per heavy atom. The molecule has 1 nitrogen and oxygen atoms in total. The number of rotatable bonds is 8. The van der Waals surface area contributed by atoms with Crippen molar-refractivity contribution in [3.05, 3.63) is 0 Å². The maximum absolute atomic E-state index is 11.6. The van der Waals surface area contributed by atoms with Gasteiger partial charge in [0.15, 0.2) is 0 Å². The molecule has 3 heteroatoms. The van der Waals surface area contributed by atoms with Gasteiger partial charge in [-0.3, -0.25) is 0 Å². The Labute approximate surface area is 73.1 Å². The van der Waals surface area contributed by atoms with Gasteiger partial charge in [-0.25, -0.2) is 4.39 Å². The highest BCUT2D eigenvalue weighted by atomic mass is 32.2. The van der Waals surface area contributed by atoms with Crippen LogP contribution in [0.1, 0.15) is 19.3 Å². The van der Waals surface area contributed by atoms with Crippen molar-refractivity contribution in [2.24, 2.45) is 0 Å². The summed E-state index contributed by atoms with van der Waals surface area (Å²) in [5.41, 5.74) is 0. The Morgan fingerprint density at radius 3 is 2.64 bits per heavy atom. The molecule has 0 unspecified atom stereocenters. The van der Waals surface area contributed by atoms with E-state index in [4.69, 9.17) is 0 Å². The SMILES string of the molecule is CSCCCCCNCCF. The molecule has 0 aromatic carbocycles. The van der Waals surface area contributed by atoms with Gasteiger partial charge < -0.3 is 5.32 Å². The first-order chi connectivity index (χ1) is 5.41. The smallest absolute Gasteiger partial charge is 0.102 e. The first-order valence-electron chi connectivity index (χ1n) is 4.17. The van der Waals surface area contributed by atoms with Gasteiger partial charge >= 0.3 is 0 Å². The van der Waals surface area contributed by atoms with E-state index >= 15 is 0 Å². The fraction of sp³-hybridized carbons (Fsp3) is 1.00. The predicted octanol–water partition coefficient (Wildman–Crippen LogP) is 2.08. The van der Waals surface area contributed by atoms with Gasteiger partial charge in [-0.2, -0.15) is 11.8 Å². The molecule has 0 saturated heterocycles. The van der Waals surface area contributed by atoms with Gasteiger partial charge in [-0.15, -0.1) is 0 Å². The molecule has 1 N–H and O–H groups in total. The lowest BCUT2D eigenvalue weighted by molar-refractivity contribution is 0.463. The van der Waals surface area contributed by atoms with Crippen LogP contribution in [-0.2, 0) is 0 Å². The number of halogens is 1. The van der Waals surface area contributed by atoms with E-state index in [1.807, 2.05) is 11.8 Å². The molecular formula is C8H18FNS. The van der Waals surface area contributed by atoms with Crippen molar-refractivity contribution >= 4 is 11.8 Å². The fourth-order valence-electron chi connectivity index (χ4n) is 0.865. The summed E-state index contributed by atoms with van der Waals surface area (Å²) in [5.74, 6) is 1.25. The van der Waals surface area contributed by atoms with Crippen LogP contribution in [0.2, 0.25) is 0 Å². The quantitative estimate of drug-likeness (QED) is 0.573. The van der Waals surface area contributed by atoms with E-state index in [-0.39, 0.29) is 6.67 Å². The van der Waals surface area contributed by atoms with Gasteiger partial charge in [-0.1, -0.05) is 6.42 Å². The van der Waals surface area contributed by atoms with Crippen molar-refractivity contribution in [3.8, 4) is 0 Å². The molecule has 0 aliphatic heterocycles. The Morgan fingerprint density at radius 2 is 2.00 bits per heavy atom.